The van der Waals surface area contributed by atoms with Gasteiger partial charge in [0.15, 0.2) is 0 Å². The molecule has 0 unspecified atom stereocenters. The molecule has 8 aromatic rings. The molecular formula is C42H29N. The summed E-state index contributed by atoms with van der Waals surface area (Å²) >= 11 is 0. The van der Waals surface area contributed by atoms with Crippen molar-refractivity contribution in [3.8, 4) is 22.3 Å². The zero-order valence-corrected chi connectivity index (χ0v) is 23.7. The fourth-order valence-electron chi connectivity index (χ4n) is 6.35. The summed E-state index contributed by atoms with van der Waals surface area (Å²) in [7, 11) is 0. The number of para-hydroxylation sites is 1. The maximum atomic E-state index is 2.39. The van der Waals surface area contributed by atoms with Crippen LogP contribution >= 0.6 is 0 Å². The number of nitrogens with zero attached hydrogens (tertiary/aromatic N) is 1. The predicted molar refractivity (Wildman–Crippen MR) is 185 cm³/mol. The van der Waals surface area contributed by atoms with E-state index in [-0.39, 0.29) is 0 Å². The second-order valence-electron chi connectivity index (χ2n) is 11.0. The molecule has 0 aliphatic carbocycles. The lowest BCUT2D eigenvalue weighted by atomic mass is 9.96. The Kier molecular flexibility index (Phi) is 6.20. The van der Waals surface area contributed by atoms with Crippen LogP contribution in [-0.4, -0.2) is 0 Å². The number of anilines is 3. The number of hydrogen-bond donors (Lipinski definition) is 0. The van der Waals surface area contributed by atoms with Gasteiger partial charge in [-0.1, -0.05) is 146 Å². The van der Waals surface area contributed by atoms with E-state index in [2.05, 4.69) is 181 Å². The molecule has 0 atom stereocenters. The first-order chi connectivity index (χ1) is 21.3. The molecule has 0 aromatic heterocycles. The van der Waals surface area contributed by atoms with Gasteiger partial charge in [0.05, 0.1) is 5.69 Å². The van der Waals surface area contributed by atoms with Crippen LogP contribution in [0.3, 0.4) is 0 Å². The van der Waals surface area contributed by atoms with Gasteiger partial charge < -0.3 is 4.90 Å². The third-order valence-electron chi connectivity index (χ3n) is 8.45. The molecule has 8 aromatic carbocycles. The standard InChI is InChI=1S/C42H29N/c1-3-11-30(12-4-1)31-19-23-35(24-20-31)43(42-18-10-9-17-39(42)32-13-5-2-6-14-32)36-25-28-38-34(29-36)22-27-40-37-16-8-7-15-33(37)21-26-41(38)40/h1-29H. The van der Waals surface area contributed by atoms with Crippen LogP contribution < -0.4 is 4.90 Å². The molecule has 0 spiro atoms. The van der Waals surface area contributed by atoms with E-state index in [1.54, 1.807) is 0 Å². The minimum Gasteiger partial charge on any atom is -0.310 e. The molecule has 1 nitrogen and oxygen atoms in total. The van der Waals surface area contributed by atoms with Crippen molar-refractivity contribution in [2.45, 2.75) is 0 Å². The van der Waals surface area contributed by atoms with Crippen LogP contribution in [0.5, 0.6) is 0 Å². The molecule has 8 rings (SSSR count). The summed E-state index contributed by atoms with van der Waals surface area (Å²) in [5, 5.41) is 7.63. The molecule has 0 heterocycles. The summed E-state index contributed by atoms with van der Waals surface area (Å²) in [6.07, 6.45) is 0. The molecule has 0 saturated carbocycles. The van der Waals surface area contributed by atoms with Gasteiger partial charge in [0.1, 0.15) is 0 Å². The minimum absolute atomic E-state index is 1.12. The molecule has 0 bridgehead atoms. The van der Waals surface area contributed by atoms with E-state index in [0.29, 0.717) is 0 Å². The summed E-state index contributed by atoms with van der Waals surface area (Å²) in [4.78, 5) is 2.39. The zero-order valence-electron chi connectivity index (χ0n) is 23.7. The largest absolute Gasteiger partial charge is 0.310 e. The molecule has 1 heteroatoms. The Balaban J connectivity index is 1.32. The highest BCUT2D eigenvalue weighted by Gasteiger charge is 2.18. The highest BCUT2D eigenvalue weighted by Crippen LogP contribution is 2.42. The monoisotopic (exact) mass is 547 g/mol. The van der Waals surface area contributed by atoms with Gasteiger partial charge in [-0.15, -0.1) is 0 Å². The average Bonchev–Trinajstić information content (AvgIpc) is 3.09. The van der Waals surface area contributed by atoms with Crippen molar-refractivity contribution < 1.29 is 0 Å². The van der Waals surface area contributed by atoms with Crippen LogP contribution in [0, 0.1) is 0 Å². The smallest absolute Gasteiger partial charge is 0.0540 e. The Morgan fingerprint density at radius 2 is 0.837 bits per heavy atom. The van der Waals surface area contributed by atoms with E-state index in [1.807, 2.05) is 0 Å². The third-order valence-corrected chi connectivity index (χ3v) is 8.45. The lowest BCUT2D eigenvalue weighted by Gasteiger charge is -2.28. The molecule has 0 saturated heterocycles. The molecule has 0 N–H and O–H groups in total. The van der Waals surface area contributed by atoms with E-state index in [4.69, 9.17) is 0 Å². The molecule has 202 valence electrons. The number of hydrogen-bond acceptors (Lipinski definition) is 1. The van der Waals surface area contributed by atoms with E-state index >= 15 is 0 Å². The van der Waals surface area contributed by atoms with Gasteiger partial charge in [0.2, 0.25) is 0 Å². The van der Waals surface area contributed by atoms with Gasteiger partial charge in [-0.25, -0.2) is 0 Å². The minimum atomic E-state index is 1.12. The van der Waals surface area contributed by atoms with Crippen LogP contribution in [0.25, 0.3) is 54.6 Å². The Morgan fingerprint density at radius 1 is 0.302 bits per heavy atom. The Labute approximate surface area is 251 Å². The van der Waals surface area contributed by atoms with Crippen molar-refractivity contribution in [3.05, 3.63) is 176 Å². The van der Waals surface area contributed by atoms with Crippen molar-refractivity contribution >= 4 is 49.4 Å². The first-order valence-electron chi connectivity index (χ1n) is 14.8. The fourth-order valence-corrected chi connectivity index (χ4v) is 6.35. The van der Waals surface area contributed by atoms with Crippen LogP contribution in [0.15, 0.2) is 176 Å². The average molecular weight is 548 g/mol. The molecule has 0 aliphatic rings. The van der Waals surface area contributed by atoms with Crippen LogP contribution in [0.2, 0.25) is 0 Å². The van der Waals surface area contributed by atoms with Gasteiger partial charge in [-0.3, -0.25) is 0 Å². The van der Waals surface area contributed by atoms with Gasteiger partial charge in [-0.05, 0) is 79.3 Å². The second kappa shape index (κ2) is 10.6. The van der Waals surface area contributed by atoms with Crippen molar-refractivity contribution in [1.82, 2.24) is 0 Å². The van der Waals surface area contributed by atoms with Crippen molar-refractivity contribution in [2.24, 2.45) is 0 Å². The fraction of sp³-hybridized carbons (Fsp3) is 0. The Morgan fingerprint density at radius 3 is 1.60 bits per heavy atom. The van der Waals surface area contributed by atoms with Crippen LogP contribution in [0.4, 0.5) is 17.1 Å². The van der Waals surface area contributed by atoms with E-state index in [9.17, 15) is 0 Å². The lowest BCUT2D eigenvalue weighted by Crippen LogP contribution is -2.11. The molecule has 43 heavy (non-hydrogen) atoms. The van der Waals surface area contributed by atoms with Gasteiger partial charge in [-0.2, -0.15) is 0 Å². The van der Waals surface area contributed by atoms with Gasteiger partial charge >= 0.3 is 0 Å². The van der Waals surface area contributed by atoms with Gasteiger partial charge in [0, 0.05) is 16.9 Å². The zero-order chi connectivity index (χ0) is 28.6. The normalized spacial score (nSPS) is 11.3. The number of benzene rings is 8. The summed E-state index contributed by atoms with van der Waals surface area (Å²) in [5.74, 6) is 0. The topological polar surface area (TPSA) is 3.24 Å². The molecular weight excluding hydrogens is 518 g/mol. The Bertz CT molecular complexity index is 2220. The van der Waals surface area contributed by atoms with Crippen molar-refractivity contribution in [3.63, 3.8) is 0 Å². The summed E-state index contributed by atoms with van der Waals surface area (Å²) in [5.41, 5.74) is 8.21. The summed E-state index contributed by atoms with van der Waals surface area (Å²) in [6.45, 7) is 0. The number of fused-ring (bicyclic) bond motifs is 5. The number of rotatable bonds is 5. The van der Waals surface area contributed by atoms with E-state index < -0.39 is 0 Å². The van der Waals surface area contributed by atoms with Gasteiger partial charge in [0.25, 0.3) is 0 Å². The maximum absolute atomic E-state index is 2.39. The maximum Gasteiger partial charge on any atom is 0.0540 e. The van der Waals surface area contributed by atoms with Crippen LogP contribution in [-0.2, 0) is 0 Å². The highest BCUT2D eigenvalue weighted by molar-refractivity contribution is 6.17. The molecule has 0 aliphatic heterocycles. The second-order valence-corrected chi connectivity index (χ2v) is 11.0. The summed E-state index contributed by atoms with van der Waals surface area (Å²) < 4.78 is 0. The Hall–Kier alpha value is -5.66. The summed E-state index contributed by atoms with van der Waals surface area (Å²) in [6, 6.07) is 63.4. The predicted octanol–water partition coefficient (Wildman–Crippen LogP) is 11.9. The van der Waals surface area contributed by atoms with Crippen molar-refractivity contribution in [1.29, 1.82) is 0 Å². The van der Waals surface area contributed by atoms with E-state index in [0.717, 1.165) is 17.1 Å². The molecule has 0 amide bonds. The first kappa shape index (κ1) is 25.1. The van der Waals surface area contributed by atoms with E-state index in [1.165, 1.54) is 54.6 Å². The molecule has 0 fully saturated rings. The third kappa shape index (κ3) is 4.52. The van der Waals surface area contributed by atoms with Crippen molar-refractivity contribution in [2.75, 3.05) is 4.90 Å². The quantitative estimate of drug-likeness (QED) is 0.194. The lowest BCUT2D eigenvalue weighted by molar-refractivity contribution is 1.29. The first-order valence-corrected chi connectivity index (χ1v) is 14.8. The SMILES string of the molecule is c1ccc(-c2ccc(N(c3ccc4c(ccc5c6ccccc6ccc45)c3)c3ccccc3-c3ccccc3)cc2)cc1. The molecule has 0 radical (unpaired) electrons. The highest BCUT2D eigenvalue weighted by atomic mass is 15.1. The van der Waals surface area contributed by atoms with Crippen LogP contribution in [0.1, 0.15) is 0 Å².